The van der Waals surface area contributed by atoms with E-state index < -0.39 is 7.75 Å². The van der Waals surface area contributed by atoms with Crippen LogP contribution >= 0.6 is 31.3 Å². The zero-order valence-electron chi connectivity index (χ0n) is 9.13. The lowest BCUT2D eigenvalue weighted by Gasteiger charge is -2.11. The van der Waals surface area contributed by atoms with Crippen LogP contribution in [0.4, 0.5) is 0 Å². The molecule has 0 aromatic carbocycles. The van der Waals surface area contributed by atoms with Crippen LogP contribution in [0, 0.1) is 0 Å². The number of hydrogen-bond acceptors (Lipinski definition) is 5. The van der Waals surface area contributed by atoms with E-state index in [0.717, 1.165) is 10.1 Å². The predicted molar refractivity (Wildman–Crippen MR) is 67.8 cm³/mol. The Kier molecular flexibility index (Phi) is 5.71. The Bertz CT molecular complexity index is 275. The van der Waals surface area contributed by atoms with E-state index in [4.69, 9.17) is 9.05 Å². The quantitative estimate of drug-likeness (QED) is 0.716. The van der Waals surface area contributed by atoms with Crippen molar-refractivity contribution in [2.45, 2.75) is 26.0 Å². The van der Waals surface area contributed by atoms with Crippen molar-refractivity contribution in [3.63, 3.8) is 0 Å². The summed E-state index contributed by atoms with van der Waals surface area (Å²) < 4.78 is 27.1. The summed E-state index contributed by atoms with van der Waals surface area (Å²) in [4.78, 5) is 0. The Morgan fingerprint density at radius 3 is 2.47 bits per heavy atom. The third kappa shape index (κ3) is 4.49. The third-order valence-electron chi connectivity index (χ3n) is 1.53. The maximum atomic E-state index is 12.0. The molecule has 0 aromatic heterocycles. The summed E-state index contributed by atoms with van der Waals surface area (Å²) >= 11 is 3.23. The van der Waals surface area contributed by atoms with Gasteiger partial charge in [-0.3, -0.25) is 9.05 Å². The highest BCUT2D eigenvalue weighted by molar-refractivity contribution is 8.42. The number of rotatable bonds is 5. The highest BCUT2D eigenvalue weighted by Crippen LogP contribution is 2.52. The van der Waals surface area contributed by atoms with Gasteiger partial charge in [0, 0.05) is 11.0 Å². The van der Waals surface area contributed by atoms with Crippen LogP contribution in [0.3, 0.4) is 0 Å². The molecule has 1 aliphatic heterocycles. The number of thioether (sulfide) groups is 2. The van der Waals surface area contributed by atoms with Crippen molar-refractivity contribution >= 4 is 35.6 Å². The summed E-state index contributed by atoms with van der Waals surface area (Å²) in [6, 6.07) is 0. The molecule has 0 radical (unpaired) electrons. The zero-order chi connectivity index (χ0) is 11.3. The summed E-state index contributed by atoms with van der Waals surface area (Å²) in [6.45, 7) is 6.37. The summed E-state index contributed by atoms with van der Waals surface area (Å²) in [7, 11) is -3.25. The molecular weight excluding hydrogens is 253 g/mol. The van der Waals surface area contributed by atoms with E-state index in [0.29, 0.717) is 18.5 Å². The van der Waals surface area contributed by atoms with Crippen molar-refractivity contribution < 1.29 is 13.6 Å². The molecule has 1 atom stereocenters. The van der Waals surface area contributed by atoms with Crippen molar-refractivity contribution in [1.29, 1.82) is 0 Å². The molecule has 15 heavy (non-hydrogen) atoms. The minimum Gasteiger partial charge on any atom is -0.291 e. The maximum Gasteiger partial charge on any atom is 0.455 e. The summed E-state index contributed by atoms with van der Waals surface area (Å²) in [6.07, 6.45) is 0. The number of hydrogen-bond donors (Lipinski definition) is 0. The molecule has 88 valence electrons. The van der Waals surface area contributed by atoms with Gasteiger partial charge in [0.05, 0.1) is 13.2 Å². The molecule has 7 heteroatoms. The Morgan fingerprint density at radius 2 is 2.07 bits per heavy atom. The minimum atomic E-state index is -3.25. The van der Waals surface area contributed by atoms with E-state index in [9.17, 15) is 4.57 Å². The van der Waals surface area contributed by atoms with Gasteiger partial charge in [-0.1, -0.05) is 30.4 Å². The Balaban J connectivity index is 2.69. The fourth-order valence-corrected chi connectivity index (χ4v) is 5.23. The van der Waals surface area contributed by atoms with Gasteiger partial charge in [-0.25, -0.2) is 4.57 Å². The highest BCUT2D eigenvalue weighted by atomic mass is 32.2. The molecule has 0 aromatic rings. The van der Waals surface area contributed by atoms with Crippen molar-refractivity contribution in [2.24, 2.45) is 4.76 Å². The molecule has 0 aliphatic carbocycles. The second kappa shape index (κ2) is 6.30. The molecule has 0 saturated carbocycles. The fourth-order valence-electron chi connectivity index (χ4n) is 1.00. The first-order chi connectivity index (χ1) is 7.09. The molecule has 1 aliphatic rings. The highest BCUT2D eigenvalue weighted by Gasteiger charge is 2.27. The van der Waals surface area contributed by atoms with Gasteiger partial charge in [0.15, 0.2) is 0 Å². The summed E-state index contributed by atoms with van der Waals surface area (Å²) in [5.41, 5.74) is 0. The molecule has 1 rings (SSSR count). The molecule has 1 fully saturated rings. The van der Waals surface area contributed by atoms with Crippen molar-refractivity contribution in [2.75, 3.05) is 19.0 Å². The standard InChI is InChI=1S/C8H16NO3PS2/c1-4-11-13(10,12-5-2)9-8-14-6-7(3)15-8/h7H,4-6H2,1-3H3/b9-8-. The molecule has 0 spiro atoms. The zero-order valence-corrected chi connectivity index (χ0v) is 11.7. The van der Waals surface area contributed by atoms with Gasteiger partial charge in [0.25, 0.3) is 0 Å². The molecule has 1 saturated heterocycles. The smallest absolute Gasteiger partial charge is 0.291 e. The lowest BCUT2D eigenvalue weighted by atomic mass is 10.6. The average molecular weight is 269 g/mol. The van der Waals surface area contributed by atoms with Crippen LogP contribution in [0.2, 0.25) is 0 Å². The normalized spacial score (nSPS) is 25.0. The van der Waals surface area contributed by atoms with Gasteiger partial charge in [-0.2, -0.15) is 4.76 Å². The molecular formula is C8H16NO3PS2. The third-order valence-corrected chi connectivity index (χ3v) is 6.14. The topological polar surface area (TPSA) is 47.9 Å². The summed E-state index contributed by atoms with van der Waals surface area (Å²) in [5, 5.41) is 0.519. The van der Waals surface area contributed by atoms with Crippen LogP contribution < -0.4 is 0 Å². The van der Waals surface area contributed by atoms with Gasteiger partial charge in [0.1, 0.15) is 4.38 Å². The average Bonchev–Trinajstić information content (AvgIpc) is 2.51. The molecule has 0 N–H and O–H groups in total. The van der Waals surface area contributed by atoms with Crippen molar-refractivity contribution in [3.05, 3.63) is 0 Å². The van der Waals surface area contributed by atoms with E-state index in [1.807, 2.05) is 0 Å². The first-order valence-electron chi connectivity index (χ1n) is 4.88. The van der Waals surface area contributed by atoms with Gasteiger partial charge in [-0.05, 0) is 13.8 Å². The van der Waals surface area contributed by atoms with Crippen LogP contribution in [0.1, 0.15) is 20.8 Å². The molecule has 4 nitrogen and oxygen atoms in total. The van der Waals surface area contributed by atoms with Crippen LogP contribution in [0.25, 0.3) is 0 Å². The largest absolute Gasteiger partial charge is 0.455 e. The monoisotopic (exact) mass is 269 g/mol. The van der Waals surface area contributed by atoms with Crippen molar-refractivity contribution in [1.82, 2.24) is 0 Å². The fraction of sp³-hybridized carbons (Fsp3) is 0.875. The predicted octanol–water partition coefficient (Wildman–Crippen LogP) is 3.39. The first kappa shape index (κ1) is 13.6. The van der Waals surface area contributed by atoms with Gasteiger partial charge >= 0.3 is 7.75 Å². The van der Waals surface area contributed by atoms with E-state index in [2.05, 4.69) is 11.7 Å². The van der Waals surface area contributed by atoms with Crippen molar-refractivity contribution in [3.8, 4) is 0 Å². The Labute approximate surface area is 99.2 Å². The van der Waals surface area contributed by atoms with Crippen LogP contribution in [-0.4, -0.2) is 28.6 Å². The van der Waals surface area contributed by atoms with Gasteiger partial charge < -0.3 is 0 Å². The van der Waals surface area contributed by atoms with Gasteiger partial charge in [0.2, 0.25) is 0 Å². The number of nitrogens with zero attached hydrogens (tertiary/aromatic N) is 1. The SMILES string of the molecule is CCOP(=O)(/N=C1/SCC(C)S1)OCC. The molecule has 1 unspecified atom stereocenters. The molecule has 0 bridgehead atoms. The van der Waals surface area contributed by atoms with Crippen LogP contribution in [0.15, 0.2) is 4.76 Å². The van der Waals surface area contributed by atoms with E-state index >= 15 is 0 Å². The molecule has 0 amide bonds. The Morgan fingerprint density at radius 1 is 1.47 bits per heavy atom. The van der Waals surface area contributed by atoms with E-state index in [1.165, 1.54) is 0 Å². The van der Waals surface area contributed by atoms with E-state index in [1.54, 1.807) is 37.4 Å². The van der Waals surface area contributed by atoms with Crippen LogP contribution in [0.5, 0.6) is 0 Å². The Hall–Kier alpha value is 0.520. The second-order valence-corrected chi connectivity index (χ2v) is 7.26. The summed E-state index contributed by atoms with van der Waals surface area (Å²) in [5.74, 6) is 1.00. The maximum absolute atomic E-state index is 12.0. The lowest BCUT2D eigenvalue weighted by Crippen LogP contribution is -1.95. The lowest BCUT2D eigenvalue weighted by molar-refractivity contribution is 0.221. The molecule has 1 heterocycles. The van der Waals surface area contributed by atoms with Crippen LogP contribution in [-0.2, 0) is 13.6 Å². The first-order valence-corrected chi connectivity index (χ1v) is 8.24. The minimum absolute atomic E-state index is 0.346. The van der Waals surface area contributed by atoms with Gasteiger partial charge in [-0.15, -0.1) is 0 Å². The second-order valence-electron chi connectivity index (χ2n) is 2.91. The van der Waals surface area contributed by atoms with E-state index in [-0.39, 0.29) is 0 Å².